The molecule has 2 N–H and O–H groups in total. The van der Waals surface area contributed by atoms with Crippen LogP contribution in [-0.4, -0.2) is 56.0 Å². The van der Waals surface area contributed by atoms with Crippen LogP contribution in [0.15, 0.2) is 0 Å². The van der Waals surface area contributed by atoms with E-state index in [4.69, 9.17) is 0 Å². The first-order chi connectivity index (χ1) is 7.96. The lowest BCUT2D eigenvalue weighted by Gasteiger charge is -2.37. The Kier molecular flexibility index (Phi) is 5.85. The standard InChI is InChI=1S/C11H24N2O3S/c1-3-17(15,16)12-7-9-13-8-5-4-6-11(13)10(2)14/h10-12,14H,3-9H2,1-2H3. The molecule has 5 nitrogen and oxygen atoms in total. The van der Waals surface area contributed by atoms with Crippen LogP contribution < -0.4 is 4.72 Å². The third-order valence-corrected chi connectivity index (χ3v) is 4.73. The van der Waals surface area contributed by atoms with Crippen LogP contribution in [0.5, 0.6) is 0 Å². The number of hydrogen-bond donors (Lipinski definition) is 2. The summed E-state index contributed by atoms with van der Waals surface area (Å²) in [5.74, 6) is 0.118. The van der Waals surface area contributed by atoms with Gasteiger partial charge in [0, 0.05) is 19.1 Å². The van der Waals surface area contributed by atoms with Gasteiger partial charge in [0.2, 0.25) is 10.0 Å². The van der Waals surface area contributed by atoms with Gasteiger partial charge in [-0.15, -0.1) is 0 Å². The van der Waals surface area contributed by atoms with E-state index < -0.39 is 10.0 Å². The molecule has 1 heterocycles. The molecule has 0 saturated carbocycles. The maximum Gasteiger partial charge on any atom is 0.211 e. The molecular formula is C11H24N2O3S. The Balaban J connectivity index is 2.39. The molecule has 102 valence electrons. The minimum atomic E-state index is -3.10. The molecule has 1 aliphatic heterocycles. The highest BCUT2D eigenvalue weighted by Crippen LogP contribution is 2.19. The molecule has 0 amide bonds. The third-order valence-electron chi connectivity index (χ3n) is 3.32. The van der Waals surface area contributed by atoms with Crippen molar-refractivity contribution in [1.29, 1.82) is 0 Å². The van der Waals surface area contributed by atoms with Gasteiger partial charge in [-0.1, -0.05) is 6.42 Å². The number of hydrogen-bond acceptors (Lipinski definition) is 4. The number of likely N-dealkylation sites (tertiary alicyclic amines) is 1. The Morgan fingerprint density at radius 3 is 2.76 bits per heavy atom. The molecule has 0 spiro atoms. The van der Waals surface area contributed by atoms with Gasteiger partial charge in [0.15, 0.2) is 0 Å². The fourth-order valence-electron chi connectivity index (χ4n) is 2.29. The van der Waals surface area contributed by atoms with Crippen molar-refractivity contribution in [3.63, 3.8) is 0 Å². The zero-order valence-electron chi connectivity index (χ0n) is 10.7. The molecule has 17 heavy (non-hydrogen) atoms. The topological polar surface area (TPSA) is 69.6 Å². The second-order valence-corrected chi connectivity index (χ2v) is 6.73. The van der Waals surface area contributed by atoms with Crippen LogP contribution in [0.4, 0.5) is 0 Å². The summed E-state index contributed by atoms with van der Waals surface area (Å²) in [6.45, 7) is 5.48. The van der Waals surface area contributed by atoms with E-state index in [-0.39, 0.29) is 17.9 Å². The molecule has 1 aliphatic rings. The average Bonchev–Trinajstić information content (AvgIpc) is 2.29. The van der Waals surface area contributed by atoms with Gasteiger partial charge in [0.1, 0.15) is 0 Å². The summed E-state index contributed by atoms with van der Waals surface area (Å²) in [7, 11) is -3.10. The lowest BCUT2D eigenvalue weighted by Crippen LogP contribution is -2.48. The number of sulfonamides is 1. The smallest absolute Gasteiger partial charge is 0.211 e. The van der Waals surface area contributed by atoms with E-state index in [1.165, 1.54) is 0 Å². The van der Waals surface area contributed by atoms with Crippen molar-refractivity contribution in [2.45, 2.75) is 45.3 Å². The van der Waals surface area contributed by atoms with Gasteiger partial charge < -0.3 is 5.11 Å². The molecule has 1 saturated heterocycles. The van der Waals surface area contributed by atoms with Crippen molar-refractivity contribution in [2.75, 3.05) is 25.4 Å². The third kappa shape index (κ3) is 4.91. The van der Waals surface area contributed by atoms with Crippen LogP contribution >= 0.6 is 0 Å². The number of piperidine rings is 1. The van der Waals surface area contributed by atoms with Gasteiger partial charge in [-0.05, 0) is 33.2 Å². The van der Waals surface area contributed by atoms with Crippen molar-refractivity contribution in [1.82, 2.24) is 9.62 Å². The molecule has 0 aromatic rings. The molecule has 2 unspecified atom stereocenters. The number of aliphatic hydroxyl groups excluding tert-OH is 1. The highest BCUT2D eigenvalue weighted by Gasteiger charge is 2.25. The maximum atomic E-state index is 11.3. The summed E-state index contributed by atoms with van der Waals surface area (Å²) in [6.07, 6.45) is 2.92. The average molecular weight is 264 g/mol. The van der Waals surface area contributed by atoms with E-state index in [1.807, 2.05) is 0 Å². The lowest BCUT2D eigenvalue weighted by atomic mass is 9.98. The summed E-state index contributed by atoms with van der Waals surface area (Å²) < 4.78 is 25.1. The number of nitrogens with one attached hydrogen (secondary N) is 1. The van der Waals surface area contributed by atoms with Crippen LogP contribution in [0.1, 0.15) is 33.1 Å². The maximum absolute atomic E-state index is 11.3. The van der Waals surface area contributed by atoms with Crippen LogP contribution in [0.2, 0.25) is 0 Å². The Bertz CT molecular complexity index is 317. The summed E-state index contributed by atoms with van der Waals surface area (Å²) >= 11 is 0. The van der Waals surface area contributed by atoms with Gasteiger partial charge >= 0.3 is 0 Å². The lowest BCUT2D eigenvalue weighted by molar-refractivity contribution is 0.0380. The zero-order valence-corrected chi connectivity index (χ0v) is 11.5. The van der Waals surface area contributed by atoms with E-state index >= 15 is 0 Å². The first-order valence-corrected chi connectivity index (χ1v) is 8.01. The monoisotopic (exact) mass is 264 g/mol. The molecule has 0 aliphatic carbocycles. The zero-order chi connectivity index (χ0) is 12.9. The second kappa shape index (κ2) is 6.68. The first kappa shape index (κ1) is 14.9. The molecular weight excluding hydrogens is 240 g/mol. The van der Waals surface area contributed by atoms with Crippen molar-refractivity contribution in [3.05, 3.63) is 0 Å². The molecule has 1 rings (SSSR count). The normalized spacial score (nSPS) is 24.8. The summed E-state index contributed by atoms with van der Waals surface area (Å²) in [5, 5.41) is 9.67. The van der Waals surface area contributed by atoms with Crippen LogP contribution in [-0.2, 0) is 10.0 Å². The van der Waals surface area contributed by atoms with Crippen LogP contribution in [0.3, 0.4) is 0 Å². The largest absolute Gasteiger partial charge is 0.392 e. The molecule has 6 heteroatoms. The van der Waals surface area contributed by atoms with Gasteiger partial charge in [-0.2, -0.15) is 0 Å². The molecule has 1 fully saturated rings. The van der Waals surface area contributed by atoms with Crippen molar-refractivity contribution < 1.29 is 13.5 Å². The fourth-order valence-corrected chi connectivity index (χ4v) is 2.89. The van der Waals surface area contributed by atoms with Crippen molar-refractivity contribution in [3.8, 4) is 0 Å². The molecule has 0 aromatic heterocycles. The fraction of sp³-hybridized carbons (Fsp3) is 1.00. The SMILES string of the molecule is CCS(=O)(=O)NCCN1CCCCC1C(C)O. The van der Waals surface area contributed by atoms with Gasteiger partial charge in [-0.3, -0.25) is 4.90 Å². The van der Waals surface area contributed by atoms with E-state index in [0.717, 1.165) is 25.8 Å². The predicted molar refractivity (Wildman–Crippen MR) is 68.4 cm³/mol. The molecule has 0 bridgehead atoms. The van der Waals surface area contributed by atoms with Crippen LogP contribution in [0, 0.1) is 0 Å². The van der Waals surface area contributed by atoms with Crippen molar-refractivity contribution >= 4 is 10.0 Å². The first-order valence-electron chi connectivity index (χ1n) is 6.35. The van der Waals surface area contributed by atoms with E-state index in [9.17, 15) is 13.5 Å². The molecule has 2 atom stereocenters. The predicted octanol–water partition coefficient (Wildman–Crippen LogP) is 0.161. The number of aliphatic hydroxyl groups is 1. The molecule has 0 radical (unpaired) electrons. The highest BCUT2D eigenvalue weighted by atomic mass is 32.2. The van der Waals surface area contributed by atoms with Crippen molar-refractivity contribution in [2.24, 2.45) is 0 Å². The van der Waals surface area contributed by atoms with E-state index in [0.29, 0.717) is 13.1 Å². The Morgan fingerprint density at radius 1 is 1.47 bits per heavy atom. The summed E-state index contributed by atoms with van der Waals surface area (Å²) in [6, 6.07) is 0.176. The van der Waals surface area contributed by atoms with Gasteiger partial charge in [-0.25, -0.2) is 13.1 Å². The van der Waals surface area contributed by atoms with E-state index in [1.54, 1.807) is 13.8 Å². The summed E-state index contributed by atoms with van der Waals surface area (Å²) in [4.78, 5) is 2.19. The minimum Gasteiger partial charge on any atom is -0.392 e. The minimum absolute atomic E-state index is 0.118. The van der Waals surface area contributed by atoms with E-state index in [2.05, 4.69) is 9.62 Å². The quantitative estimate of drug-likeness (QED) is 0.717. The van der Waals surface area contributed by atoms with Gasteiger partial charge in [0.25, 0.3) is 0 Å². The highest BCUT2D eigenvalue weighted by molar-refractivity contribution is 7.89. The number of nitrogens with zero attached hydrogens (tertiary/aromatic N) is 1. The Morgan fingerprint density at radius 2 is 2.18 bits per heavy atom. The second-order valence-electron chi connectivity index (χ2n) is 4.64. The summed E-state index contributed by atoms with van der Waals surface area (Å²) in [5.41, 5.74) is 0. The number of rotatable bonds is 6. The Labute approximate surface area is 104 Å². The Hall–Kier alpha value is -0.170. The van der Waals surface area contributed by atoms with Gasteiger partial charge in [0.05, 0.1) is 11.9 Å². The van der Waals surface area contributed by atoms with Crippen LogP contribution in [0.25, 0.3) is 0 Å². The molecule has 0 aromatic carbocycles.